The zero-order valence-corrected chi connectivity index (χ0v) is 20.3. The molecule has 2 heterocycles. The molecule has 0 atom stereocenters. The SMILES string of the molecule is CC(=O)N(C)CCCc1ccc2nc(-c3cccnc3)nc(Nc3ccc(F)c(Cl)c3)c2c1.Cl. The highest BCUT2D eigenvalue weighted by molar-refractivity contribution is 6.31. The molecule has 0 saturated heterocycles. The number of anilines is 2. The number of carbonyl (C=O) groups excluding carboxylic acids is 1. The first-order valence-corrected chi connectivity index (χ1v) is 10.9. The maximum absolute atomic E-state index is 13.6. The number of rotatable bonds is 7. The van der Waals surface area contributed by atoms with Crippen molar-refractivity contribution in [3.05, 3.63) is 77.3 Å². The number of hydrogen-bond acceptors (Lipinski definition) is 5. The molecule has 0 aliphatic heterocycles. The van der Waals surface area contributed by atoms with Gasteiger partial charge in [-0.1, -0.05) is 17.7 Å². The van der Waals surface area contributed by atoms with Crippen molar-refractivity contribution in [3.8, 4) is 11.4 Å². The van der Waals surface area contributed by atoms with Crippen LogP contribution in [0.25, 0.3) is 22.3 Å². The van der Waals surface area contributed by atoms with E-state index >= 15 is 0 Å². The van der Waals surface area contributed by atoms with E-state index in [2.05, 4.69) is 10.3 Å². The molecule has 34 heavy (non-hydrogen) atoms. The van der Waals surface area contributed by atoms with E-state index in [0.29, 0.717) is 23.9 Å². The molecule has 0 saturated carbocycles. The third-order valence-electron chi connectivity index (χ3n) is 5.36. The third-order valence-corrected chi connectivity index (χ3v) is 5.65. The molecule has 2 aromatic heterocycles. The van der Waals surface area contributed by atoms with Gasteiger partial charge in [0.15, 0.2) is 5.82 Å². The summed E-state index contributed by atoms with van der Waals surface area (Å²) in [4.78, 5) is 26.8. The highest BCUT2D eigenvalue weighted by atomic mass is 35.5. The Hall–Kier alpha value is -3.29. The number of hydrogen-bond donors (Lipinski definition) is 1. The number of amides is 1. The van der Waals surface area contributed by atoms with E-state index in [1.165, 1.54) is 12.1 Å². The summed E-state index contributed by atoms with van der Waals surface area (Å²) >= 11 is 5.97. The Balaban J connectivity index is 0.00000324. The van der Waals surface area contributed by atoms with E-state index in [1.54, 1.807) is 37.3 Å². The van der Waals surface area contributed by atoms with Gasteiger partial charge in [0.2, 0.25) is 5.91 Å². The quantitative estimate of drug-likeness (QED) is 0.334. The largest absolute Gasteiger partial charge is 0.346 e. The molecule has 9 heteroatoms. The van der Waals surface area contributed by atoms with Crippen LogP contribution in [-0.4, -0.2) is 39.4 Å². The second kappa shape index (κ2) is 11.2. The van der Waals surface area contributed by atoms with Gasteiger partial charge in [0.25, 0.3) is 0 Å². The molecule has 6 nitrogen and oxygen atoms in total. The van der Waals surface area contributed by atoms with Crippen LogP contribution in [0.1, 0.15) is 18.9 Å². The second-order valence-corrected chi connectivity index (χ2v) is 8.19. The van der Waals surface area contributed by atoms with Gasteiger partial charge in [-0.25, -0.2) is 14.4 Å². The first kappa shape index (κ1) is 25.3. The van der Waals surface area contributed by atoms with Gasteiger partial charge in [-0.15, -0.1) is 12.4 Å². The number of aromatic nitrogens is 3. The number of nitrogens with one attached hydrogen (secondary N) is 1. The second-order valence-electron chi connectivity index (χ2n) is 7.79. The molecule has 0 aliphatic carbocycles. The molecule has 1 amide bonds. The summed E-state index contributed by atoms with van der Waals surface area (Å²) in [6.07, 6.45) is 5.05. The van der Waals surface area contributed by atoms with Crippen LogP contribution in [0, 0.1) is 5.82 Å². The number of benzene rings is 2. The van der Waals surface area contributed by atoms with E-state index in [9.17, 15) is 9.18 Å². The van der Waals surface area contributed by atoms with Crippen molar-refractivity contribution in [2.45, 2.75) is 19.8 Å². The molecule has 0 fully saturated rings. The molecule has 0 aliphatic rings. The smallest absolute Gasteiger partial charge is 0.219 e. The molecule has 176 valence electrons. The van der Waals surface area contributed by atoms with Crippen molar-refractivity contribution in [1.29, 1.82) is 0 Å². The number of nitrogens with zero attached hydrogens (tertiary/aromatic N) is 4. The Morgan fingerprint density at radius 2 is 1.97 bits per heavy atom. The lowest BCUT2D eigenvalue weighted by atomic mass is 10.1. The number of carbonyl (C=O) groups is 1. The van der Waals surface area contributed by atoms with E-state index < -0.39 is 5.82 Å². The average Bonchev–Trinajstić information content (AvgIpc) is 2.82. The Labute approximate surface area is 208 Å². The third kappa shape index (κ3) is 5.98. The van der Waals surface area contributed by atoms with Crippen molar-refractivity contribution in [1.82, 2.24) is 19.9 Å². The zero-order valence-electron chi connectivity index (χ0n) is 18.8. The summed E-state index contributed by atoms with van der Waals surface area (Å²) in [6, 6.07) is 14.2. The van der Waals surface area contributed by atoms with Crippen molar-refractivity contribution in [2.75, 3.05) is 18.9 Å². The normalized spacial score (nSPS) is 10.6. The lowest BCUT2D eigenvalue weighted by Gasteiger charge is -2.15. The van der Waals surface area contributed by atoms with Gasteiger partial charge in [0.1, 0.15) is 11.6 Å². The van der Waals surface area contributed by atoms with E-state index in [-0.39, 0.29) is 23.3 Å². The Kier molecular flexibility index (Phi) is 8.36. The first-order chi connectivity index (χ1) is 15.9. The fourth-order valence-electron chi connectivity index (χ4n) is 3.44. The summed E-state index contributed by atoms with van der Waals surface area (Å²) in [5, 5.41) is 4.13. The fraction of sp³-hybridized carbons (Fsp3) is 0.200. The molecule has 1 N–H and O–H groups in total. The molecule has 2 aromatic carbocycles. The van der Waals surface area contributed by atoms with Crippen LogP contribution >= 0.6 is 24.0 Å². The standard InChI is InChI=1S/C25H23ClFN5O.ClH/c1-16(33)32(2)12-4-5-17-7-10-23-20(13-17)25(29-19-8-9-22(27)21(26)14-19)31-24(30-23)18-6-3-11-28-15-18;/h3,6-11,13-15H,4-5,12H2,1-2H3,(H,29,30,31);1H. The monoisotopic (exact) mass is 499 g/mol. The molecular weight excluding hydrogens is 476 g/mol. The lowest BCUT2D eigenvalue weighted by Crippen LogP contribution is -2.25. The highest BCUT2D eigenvalue weighted by Crippen LogP contribution is 2.29. The molecule has 4 rings (SSSR count). The number of pyridine rings is 1. The Bertz CT molecular complexity index is 1300. The van der Waals surface area contributed by atoms with Gasteiger partial charge in [0, 0.05) is 49.5 Å². The van der Waals surface area contributed by atoms with E-state index in [4.69, 9.17) is 21.6 Å². The molecule has 0 radical (unpaired) electrons. The zero-order chi connectivity index (χ0) is 23.4. The topological polar surface area (TPSA) is 71.0 Å². The van der Waals surface area contributed by atoms with Crippen LogP contribution in [0.3, 0.4) is 0 Å². The molecular formula is C25H24Cl2FN5O. The lowest BCUT2D eigenvalue weighted by molar-refractivity contribution is -0.127. The number of aryl methyl sites for hydroxylation is 1. The number of halogens is 3. The van der Waals surface area contributed by atoms with Gasteiger partial charge in [-0.3, -0.25) is 9.78 Å². The Morgan fingerprint density at radius 1 is 1.15 bits per heavy atom. The van der Waals surface area contributed by atoms with E-state index in [1.807, 2.05) is 30.3 Å². The highest BCUT2D eigenvalue weighted by Gasteiger charge is 2.12. The summed E-state index contributed by atoms with van der Waals surface area (Å²) in [5.74, 6) is 0.685. The van der Waals surface area contributed by atoms with Gasteiger partial charge in [0.05, 0.1) is 10.5 Å². The summed E-state index contributed by atoms with van der Waals surface area (Å²) in [7, 11) is 1.80. The van der Waals surface area contributed by atoms with Crippen LogP contribution in [0.5, 0.6) is 0 Å². The van der Waals surface area contributed by atoms with Crippen LogP contribution in [0.4, 0.5) is 15.9 Å². The van der Waals surface area contributed by atoms with Crippen molar-refractivity contribution < 1.29 is 9.18 Å². The summed E-state index contributed by atoms with van der Waals surface area (Å²) in [5.41, 5.74) is 3.28. The maximum Gasteiger partial charge on any atom is 0.219 e. The summed E-state index contributed by atoms with van der Waals surface area (Å²) < 4.78 is 13.6. The number of fused-ring (bicyclic) bond motifs is 1. The van der Waals surface area contributed by atoms with Crippen molar-refractivity contribution in [3.63, 3.8) is 0 Å². The fourth-order valence-corrected chi connectivity index (χ4v) is 3.62. The average molecular weight is 500 g/mol. The Morgan fingerprint density at radius 3 is 2.68 bits per heavy atom. The molecule has 0 bridgehead atoms. The maximum atomic E-state index is 13.6. The predicted molar refractivity (Wildman–Crippen MR) is 136 cm³/mol. The van der Waals surface area contributed by atoms with Gasteiger partial charge in [-0.05, 0) is 60.9 Å². The van der Waals surface area contributed by atoms with E-state index in [0.717, 1.165) is 34.9 Å². The van der Waals surface area contributed by atoms with Crippen LogP contribution in [-0.2, 0) is 11.2 Å². The minimum absolute atomic E-state index is 0. The molecule has 4 aromatic rings. The van der Waals surface area contributed by atoms with Crippen molar-refractivity contribution in [2.24, 2.45) is 0 Å². The minimum atomic E-state index is -0.483. The van der Waals surface area contributed by atoms with Crippen LogP contribution in [0.2, 0.25) is 5.02 Å². The van der Waals surface area contributed by atoms with Crippen LogP contribution < -0.4 is 5.32 Å². The first-order valence-electron chi connectivity index (χ1n) is 10.6. The van der Waals surface area contributed by atoms with Gasteiger partial charge >= 0.3 is 0 Å². The van der Waals surface area contributed by atoms with Gasteiger partial charge in [-0.2, -0.15) is 0 Å². The van der Waals surface area contributed by atoms with Crippen LogP contribution in [0.15, 0.2) is 60.9 Å². The van der Waals surface area contributed by atoms with Gasteiger partial charge < -0.3 is 10.2 Å². The van der Waals surface area contributed by atoms with Crippen molar-refractivity contribution >= 4 is 52.3 Å². The predicted octanol–water partition coefficient (Wildman–Crippen LogP) is 6.06. The molecule has 0 spiro atoms. The summed E-state index contributed by atoms with van der Waals surface area (Å²) in [6.45, 7) is 2.25. The molecule has 0 unspecified atom stereocenters. The minimum Gasteiger partial charge on any atom is -0.346 e.